The van der Waals surface area contributed by atoms with E-state index in [-0.39, 0.29) is 17.5 Å². The Labute approximate surface area is 111 Å². The minimum absolute atomic E-state index is 0.147. The summed E-state index contributed by atoms with van der Waals surface area (Å²) in [6, 6.07) is -0.710. The zero-order chi connectivity index (χ0) is 13.3. The fourth-order valence-corrected chi connectivity index (χ4v) is 2.74. The Balaban J connectivity index is 2.20. The first kappa shape index (κ1) is 13.2. The molecular weight excluding hydrogens is 254 g/mol. The van der Waals surface area contributed by atoms with Crippen LogP contribution in [-0.4, -0.2) is 47.5 Å². The predicted molar refractivity (Wildman–Crippen MR) is 68.6 cm³/mol. The van der Waals surface area contributed by atoms with E-state index in [1.807, 2.05) is 0 Å². The molecule has 100 valence electrons. The van der Waals surface area contributed by atoms with Crippen molar-refractivity contribution < 1.29 is 14.3 Å². The summed E-state index contributed by atoms with van der Waals surface area (Å²) in [7, 11) is 0. The molecule has 0 aromatic rings. The second-order valence-electron chi connectivity index (χ2n) is 4.79. The van der Waals surface area contributed by atoms with Crippen LogP contribution in [0.25, 0.3) is 0 Å². The molecule has 0 aromatic heterocycles. The molecule has 2 amide bonds. The lowest BCUT2D eigenvalue weighted by atomic mass is 9.67. The number of rotatable bonds is 3. The van der Waals surface area contributed by atoms with E-state index >= 15 is 0 Å². The molecule has 1 heterocycles. The highest BCUT2D eigenvalue weighted by Crippen LogP contribution is 2.43. The molecule has 1 saturated heterocycles. The maximum absolute atomic E-state index is 12.6. The van der Waals surface area contributed by atoms with Crippen molar-refractivity contribution in [2.45, 2.75) is 25.3 Å². The van der Waals surface area contributed by atoms with Gasteiger partial charge in [0.15, 0.2) is 0 Å². The fraction of sp³-hybridized carbons (Fsp3) is 0.727. The van der Waals surface area contributed by atoms with Gasteiger partial charge in [-0.1, -0.05) is 18.6 Å². The third-order valence-corrected chi connectivity index (χ3v) is 4.20. The first-order valence-corrected chi connectivity index (χ1v) is 6.38. The van der Waals surface area contributed by atoms with Gasteiger partial charge >= 0.3 is 0 Å². The van der Waals surface area contributed by atoms with Gasteiger partial charge in [-0.25, -0.2) is 0 Å². The Morgan fingerprint density at radius 1 is 1.33 bits per heavy atom. The molecule has 1 atom stereocenters. The van der Waals surface area contributed by atoms with Crippen molar-refractivity contribution in [3.63, 3.8) is 0 Å². The molecule has 2 rings (SSSR count). The number of primary amides is 1. The van der Waals surface area contributed by atoms with Gasteiger partial charge in [-0.3, -0.25) is 9.59 Å². The highest BCUT2D eigenvalue weighted by Gasteiger charge is 2.51. The summed E-state index contributed by atoms with van der Waals surface area (Å²) >= 11 is 5.01. The molecule has 0 aromatic carbocycles. The summed E-state index contributed by atoms with van der Waals surface area (Å²) in [6.07, 6.45) is 2.24. The van der Waals surface area contributed by atoms with E-state index in [0.29, 0.717) is 26.0 Å². The van der Waals surface area contributed by atoms with Crippen LogP contribution in [0.5, 0.6) is 0 Å². The number of hydrogen-bond acceptors (Lipinski definition) is 4. The summed E-state index contributed by atoms with van der Waals surface area (Å²) in [6.45, 7) is 0.911. The van der Waals surface area contributed by atoms with E-state index in [1.165, 1.54) is 4.90 Å². The van der Waals surface area contributed by atoms with Gasteiger partial charge in [-0.2, -0.15) is 0 Å². The monoisotopic (exact) mass is 271 g/mol. The van der Waals surface area contributed by atoms with Crippen LogP contribution in [0.3, 0.4) is 0 Å². The highest BCUT2D eigenvalue weighted by atomic mass is 32.1. The molecule has 6 nitrogen and oxygen atoms in total. The van der Waals surface area contributed by atoms with Gasteiger partial charge in [0, 0.05) is 6.54 Å². The van der Waals surface area contributed by atoms with Gasteiger partial charge in [0.2, 0.25) is 11.8 Å². The highest BCUT2D eigenvalue weighted by molar-refractivity contribution is 7.80. The lowest BCUT2D eigenvalue weighted by molar-refractivity contribution is -0.155. The van der Waals surface area contributed by atoms with Gasteiger partial charge in [0.05, 0.1) is 23.6 Å². The number of amides is 2. The molecule has 4 N–H and O–H groups in total. The molecule has 1 aliphatic heterocycles. The number of hydrogen-bond donors (Lipinski definition) is 2. The van der Waals surface area contributed by atoms with Crippen LogP contribution in [0, 0.1) is 5.41 Å². The molecule has 18 heavy (non-hydrogen) atoms. The van der Waals surface area contributed by atoms with E-state index < -0.39 is 17.4 Å². The smallest absolute Gasteiger partial charge is 0.242 e. The third-order valence-electron chi connectivity index (χ3n) is 3.81. The summed E-state index contributed by atoms with van der Waals surface area (Å²) in [5.41, 5.74) is 10.2. The number of carbonyl (C=O) groups is 2. The first-order chi connectivity index (χ1) is 8.49. The molecule has 7 heteroatoms. The van der Waals surface area contributed by atoms with Crippen molar-refractivity contribution in [2.24, 2.45) is 16.9 Å². The van der Waals surface area contributed by atoms with Crippen molar-refractivity contribution in [3.05, 3.63) is 0 Å². The van der Waals surface area contributed by atoms with E-state index in [4.69, 9.17) is 28.4 Å². The van der Waals surface area contributed by atoms with Crippen LogP contribution in [0.15, 0.2) is 0 Å². The van der Waals surface area contributed by atoms with Gasteiger partial charge in [0.1, 0.15) is 6.04 Å². The quantitative estimate of drug-likeness (QED) is 0.652. The van der Waals surface area contributed by atoms with Crippen molar-refractivity contribution >= 4 is 29.0 Å². The zero-order valence-electron chi connectivity index (χ0n) is 10.1. The Hall–Kier alpha value is -1.21. The van der Waals surface area contributed by atoms with Crippen LogP contribution < -0.4 is 11.5 Å². The summed E-state index contributed by atoms with van der Waals surface area (Å²) < 4.78 is 5.19. The molecule has 0 bridgehead atoms. The van der Waals surface area contributed by atoms with Gasteiger partial charge in [-0.05, 0) is 12.8 Å². The molecule has 0 radical (unpaired) electrons. The van der Waals surface area contributed by atoms with Crippen LogP contribution in [-0.2, 0) is 14.3 Å². The average Bonchev–Trinajstić information content (AvgIpc) is 2.26. The van der Waals surface area contributed by atoms with Gasteiger partial charge in [-0.15, -0.1) is 0 Å². The predicted octanol–water partition coefficient (Wildman–Crippen LogP) is -0.844. The number of thiocarbonyl (C=S) groups is 1. The normalized spacial score (nSPS) is 26.2. The largest absolute Gasteiger partial charge is 0.392 e. The topological polar surface area (TPSA) is 98.7 Å². The van der Waals surface area contributed by atoms with Crippen LogP contribution >= 0.6 is 12.2 Å². The Morgan fingerprint density at radius 2 is 2.00 bits per heavy atom. The molecule has 1 saturated carbocycles. The number of ether oxygens (including phenoxy) is 1. The fourth-order valence-electron chi connectivity index (χ4n) is 2.45. The Bertz CT molecular complexity index is 395. The number of morpholine rings is 1. The maximum Gasteiger partial charge on any atom is 0.242 e. The minimum Gasteiger partial charge on any atom is -0.392 e. The lowest BCUT2D eigenvalue weighted by Crippen LogP contribution is -2.62. The molecule has 1 aliphatic carbocycles. The molecule has 2 fully saturated rings. The summed E-state index contributed by atoms with van der Waals surface area (Å²) in [4.78, 5) is 25.6. The van der Waals surface area contributed by atoms with Crippen molar-refractivity contribution in [1.29, 1.82) is 0 Å². The van der Waals surface area contributed by atoms with Crippen molar-refractivity contribution in [3.8, 4) is 0 Å². The third kappa shape index (κ3) is 1.97. The second kappa shape index (κ2) is 4.81. The maximum atomic E-state index is 12.6. The number of nitrogens with zero attached hydrogens (tertiary/aromatic N) is 1. The molecule has 2 aliphatic rings. The van der Waals surface area contributed by atoms with E-state index in [9.17, 15) is 9.59 Å². The number of carbonyl (C=O) groups excluding carboxylic acids is 2. The van der Waals surface area contributed by atoms with Crippen molar-refractivity contribution in [2.75, 3.05) is 19.8 Å². The van der Waals surface area contributed by atoms with Crippen LogP contribution in [0.4, 0.5) is 0 Å². The van der Waals surface area contributed by atoms with E-state index in [1.54, 1.807) is 0 Å². The lowest BCUT2D eigenvalue weighted by Gasteiger charge is -2.45. The SMILES string of the molecule is NC(=O)C1COCCN1C(=O)C1(C(N)=S)CCC1. The van der Waals surface area contributed by atoms with Crippen LogP contribution in [0.2, 0.25) is 0 Å². The van der Waals surface area contributed by atoms with E-state index in [2.05, 4.69) is 0 Å². The first-order valence-electron chi connectivity index (χ1n) is 5.97. The summed E-state index contributed by atoms with van der Waals surface area (Å²) in [5.74, 6) is -0.728. The standard InChI is InChI=1S/C11H17N3O3S/c12-8(15)7-6-17-5-4-14(7)10(16)11(9(13)18)2-1-3-11/h7H,1-6H2,(H2,12,15)(H2,13,18). The summed E-state index contributed by atoms with van der Waals surface area (Å²) in [5, 5.41) is 0. The van der Waals surface area contributed by atoms with E-state index in [0.717, 1.165) is 6.42 Å². The molecule has 1 unspecified atom stereocenters. The number of nitrogens with two attached hydrogens (primary N) is 2. The van der Waals surface area contributed by atoms with Crippen molar-refractivity contribution in [1.82, 2.24) is 4.90 Å². The minimum atomic E-state index is -0.764. The van der Waals surface area contributed by atoms with Crippen LogP contribution in [0.1, 0.15) is 19.3 Å². The van der Waals surface area contributed by atoms with Gasteiger partial charge in [0.25, 0.3) is 0 Å². The second-order valence-corrected chi connectivity index (χ2v) is 5.23. The van der Waals surface area contributed by atoms with Gasteiger partial charge < -0.3 is 21.1 Å². The Kier molecular flexibility index (Phi) is 3.54. The molecular formula is C11H17N3O3S. The average molecular weight is 271 g/mol. The zero-order valence-corrected chi connectivity index (χ0v) is 10.9. The molecule has 0 spiro atoms. The Morgan fingerprint density at radius 3 is 2.44 bits per heavy atom.